The van der Waals surface area contributed by atoms with Crippen molar-refractivity contribution in [3.8, 4) is 0 Å². The summed E-state index contributed by atoms with van der Waals surface area (Å²) >= 11 is 0. The van der Waals surface area contributed by atoms with Crippen molar-refractivity contribution >= 4 is 0 Å². The molecule has 1 aromatic rings. The van der Waals surface area contributed by atoms with Gasteiger partial charge in [0.1, 0.15) is 0 Å². The molecular weight excluding hydrogens is 210 g/mol. The maximum atomic E-state index is 5.58. The molecule has 1 aromatic carbocycles. The minimum Gasteiger partial charge on any atom is -0.329 e. The minimum absolute atomic E-state index is 0.776. The summed E-state index contributed by atoms with van der Waals surface area (Å²) in [7, 11) is 0. The highest BCUT2D eigenvalue weighted by atomic mass is 15.3. The van der Waals surface area contributed by atoms with Gasteiger partial charge in [-0.15, -0.1) is 0 Å². The van der Waals surface area contributed by atoms with E-state index >= 15 is 0 Å². The number of hydrogen-bond donors (Lipinski definition) is 1. The Kier molecular flexibility index (Phi) is 4.54. The third-order valence-corrected chi connectivity index (χ3v) is 3.44. The molecular formula is C14H23N3. The van der Waals surface area contributed by atoms with E-state index in [1.54, 1.807) is 0 Å². The summed E-state index contributed by atoms with van der Waals surface area (Å²) in [4.78, 5) is 4.98. The van der Waals surface area contributed by atoms with Crippen molar-refractivity contribution < 1.29 is 0 Å². The quantitative estimate of drug-likeness (QED) is 0.844. The first kappa shape index (κ1) is 12.6. The molecule has 0 unspecified atom stereocenters. The van der Waals surface area contributed by atoms with Crippen LogP contribution in [0.3, 0.4) is 0 Å². The third-order valence-electron chi connectivity index (χ3n) is 3.44. The fraction of sp³-hybridized carbons (Fsp3) is 0.571. The lowest BCUT2D eigenvalue weighted by atomic mass is 10.1. The Bertz CT molecular complexity index is 326. The molecule has 94 valence electrons. The molecule has 1 aliphatic heterocycles. The maximum absolute atomic E-state index is 5.58. The number of rotatable bonds is 4. The van der Waals surface area contributed by atoms with Crippen LogP contribution >= 0.6 is 0 Å². The van der Waals surface area contributed by atoms with E-state index in [0.717, 1.165) is 45.8 Å². The zero-order valence-electron chi connectivity index (χ0n) is 10.7. The second kappa shape index (κ2) is 6.15. The molecule has 3 nitrogen and oxygen atoms in total. The summed E-state index contributed by atoms with van der Waals surface area (Å²) < 4.78 is 0. The van der Waals surface area contributed by atoms with Crippen LogP contribution in [0.15, 0.2) is 24.3 Å². The largest absolute Gasteiger partial charge is 0.329 e. The molecule has 2 N–H and O–H groups in total. The number of nitrogens with two attached hydrogens (primary N) is 1. The average Bonchev–Trinajstić information content (AvgIpc) is 2.35. The lowest BCUT2D eigenvalue weighted by Crippen LogP contribution is -2.47. The van der Waals surface area contributed by atoms with E-state index in [9.17, 15) is 0 Å². The Labute approximate surface area is 104 Å². The molecule has 1 heterocycles. The van der Waals surface area contributed by atoms with Crippen LogP contribution in [0.4, 0.5) is 0 Å². The Hall–Kier alpha value is -0.900. The zero-order valence-corrected chi connectivity index (χ0v) is 10.7. The van der Waals surface area contributed by atoms with E-state index < -0.39 is 0 Å². The van der Waals surface area contributed by atoms with Crippen LogP contribution in [-0.4, -0.2) is 49.1 Å². The molecule has 0 atom stereocenters. The molecule has 2 rings (SSSR count). The van der Waals surface area contributed by atoms with Gasteiger partial charge in [0, 0.05) is 45.8 Å². The predicted molar refractivity (Wildman–Crippen MR) is 72.0 cm³/mol. The highest BCUT2D eigenvalue weighted by Crippen LogP contribution is 2.09. The monoisotopic (exact) mass is 233 g/mol. The molecule has 0 aromatic heterocycles. The van der Waals surface area contributed by atoms with Crippen molar-refractivity contribution in [2.75, 3.05) is 39.3 Å². The van der Waals surface area contributed by atoms with Gasteiger partial charge in [-0.25, -0.2) is 0 Å². The second-order valence-corrected chi connectivity index (χ2v) is 4.89. The van der Waals surface area contributed by atoms with Crippen LogP contribution < -0.4 is 5.73 Å². The fourth-order valence-corrected chi connectivity index (χ4v) is 2.31. The maximum Gasteiger partial charge on any atom is 0.0234 e. The first-order valence-electron chi connectivity index (χ1n) is 6.48. The minimum atomic E-state index is 0.776. The number of benzene rings is 1. The van der Waals surface area contributed by atoms with E-state index in [1.807, 2.05) is 0 Å². The van der Waals surface area contributed by atoms with Gasteiger partial charge in [-0.2, -0.15) is 0 Å². The van der Waals surface area contributed by atoms with Gasteiger partial charge in [0.25, 0.3) is 0 Å². The summed E-state index contributed by atoms with van der Waals surface area (Å²) in [5, 5.41) is 0. The van der Waals surface area contributed by atoms with E-state index in [-0.39, 0.29) is 0 Å². The Morgan fingerprint density at radius 1 is 1.00 bits per heavy atom. The first-order valence-corrected chi connectivity index (χ1v) is 6.48. The molecule has 0 spiro atoms. The molecule has 0 radical (unpaired) electrons. The topological polar surface area (TPSA) is 32.5 Å². The van der Waals surface area contributed by atoms with Crippen LogP contribution in [-0.2, 0) is 6.54 Å². The van der Waals surface area contributed by atoms with Crippen molar-refractivity contribution in [2.24, 2.45) is 5.73 Å². The van der Waals surface area contributed by atoms with Gasteiger partial charge in [-0.1, -0.05) is 29.8 Å². The first-order chi connectivity index (χ1) is 8.28. The molecule has 0 bridgehead atoms. The molecule has 0 saturated carbocycles. The van der Waals surface area contributed by atoms with E-state index in [1.165, 1.54) is 11.1 Å². The standard InChI is InChI=1S/C14H23N3/c1-13-2-4-14(5-3-13)12-17-10-8-16(7-6-15)9-11-17/h2-5H,6-12,15H2,1H3. The van der Waals surface area contributed by atoms with Crippen molar-refractivity contribution in [1.29, 1.82) is 0 Å². The van der Waals surface area contributed by atoms with E-state index in [4.69, 9.17) is 5.73 Å². The third kappa shape index (κ3) is 3.80. The number of aryl methyl sites for hydroxylation is 1. The molecule has 0 amide bonds. The summed E-state index contributed by atoms with van der Waals surface area (Å²) in [6.45, 7) is 9.66. The normalized spacial score (nSPS) is 18.5. The number of nitrogens with zero attached hydrogens (tertiary/aromatic N) is 2. The summed E-state index contributed by atoms with van der Waals surface area (Å²) in [5.74, 6) is 0. The van der Waals surface area contributed by atoms with Crippen molar-refractivity contribution in [3.63, 3.8) is 0 Å². The predicted octanol–water partition coefficient (Wildman–Crippen LogP) is 1.07. The van der Waals surface area contributed by atoms with Crippen LogP contribution in [0.1, 0.15) is 11.1 Å². The number of piperazine rings is 1. The van der Waals surface area contributed by atoms with Gasteiger partial charge >= 0.3 is 0 Å². The number of hydrogen-bond acceptors (Lipinski definition) is 3. The van der Waals surface area contributed by atoms with Gasteiger partial charge < -0.3 is 5.73 Å². The molecule has 3 heteroatoms. The van der Waals surface area contributed by atoms with Gasteiger partial charge in [0.2, 0.25) is 0 Å². The smallest absolute Gasteiger partial charge is 0.0234 e. The molecule has 1 saturated heterocycles. The van der Waals surface area contributed by atoms with Crippen LogP contribution in [0, 0.1) is 6.92 Å². The van der Waals surface area contributed by atoms with Gasteiger partial charge in [-0.05, 0) is 12.5 Å². The Morgan fingerprint density at radius 3 is 2.18 bits per heavy atom. The van der Waals surface area contributed by atoms with Crippen molar-refractivity contribution in [1.82, 2.24) is 9.80 Å². The average molecular weight is 233 g/mol. The lowest BCUT2D eigenvalue weighted by molar-refractivity contribution is 0.130. The van der Waals surface area contributed by atoms with Crippen LogP contribution in [0.2, 0.25) is 0 Å². The van der Waals surface area contributed by atoms with Crippen LogP contribution in [0.25, 0.3) is 0 Å². The molecule has 17 heavy (non-hydrogen) atoms. The molecule has 1 aliphatic rings. The van der Waals surface area contributed by atoms with Crippen LogP contribution in [0.5, 0.6) is 0 Å². The molecule has 1 fully saturated rings. The van der Waals surface area contributed by atoms with Gasteiger partial charge in [-0.3, -0.25) is 9.80 Å². The highest BCUT2D eigenvalue weighted by molar-refractivity contribution is 5.21. The summed E-state index contributed by atoms with van der Waals surface area (Å²) in [6, 6.07) is 8.86. The fourth-order valence-electron chi connectivity index (χ4n) is 2.31. The highest BCUT2D eigenvalue weighted by Gasteiger charge is 2.15. The Morgan fingerprint density at radius 2 is 1.59 bits per heavy atom. The van der Waals surface area contributed by atoms with Crippen molar-refractivity contribution in [2.45, 2.75) is 13.5 Å². The zero-order chi connectivity index (χ0) is 12.1. The lowest BCUT2D eigenvalue weighted by Gasteiger charge is -2.34. The molecule has 0 aliphatic carbocycles. The summed E-state index contributed by atoms with van der Waals surface area (Å²) in [5.41, 5.74) is 8.33. The summed E-state index contributed by atoms with van der Waals surface area (Å²) in [6.07, 6.45) is 0. The van der Waals surface area contributed by atoms with E-state index in [2.05, 4.69) is 41.0 Å². The second-order valence-electron chi connectivity index (χ2n) is 4.89. The Balaban J connectivity index is 1.79. The SMILES string of the molecule is Cc1ccc(CN2CCN(CCN)CC2)cc1. The van der Waals surface area contributed by atoms with Gasteiger partial charge in [0.15, 0.2) is 0 Å². The van der Waals surface area contributed by atoms with E-state index in [0.29, 0.717) is 0 Å². The van der Waals surface area contributed by atoms with Crippen molar-refractivity contribution in [3.05, 3.63) is 35.4 Å². The van der Waals surface area contributed by atoms with Gasteiger partial charge in [0.05, 0.1) is 0 Å².